The number of benzene rings is 1. The van der Waals surface area contributed by atoms with Crippen LogP contribution in [0.4, 0.5) is 10.5 Å². The van der Waals surface area contributed by atoms with E-state index in [-0.39, 0.29) is 6.03 Å². The van der Waals surface area contributed by atoms with Gasteiger partial charge in [-0.15, -0.1) is 0 Å². The van der Waals surface area contributed by atoms with Gasteiger partial charge in [-0.1, -0.05) is 12.1 Å². The number of hydrogen-bond donors (Lipinski definition) is 1. The first-order valence-corrected chi connectivity index (χ1v) is 7.33. The monoisotopic (exact) mass is 298 g/mol. The molecule has 6 heteroatoms. The molecule has 0 bridgehead atoms. The van der Waals surface area contributed by atoms with Crippen LogP contribution in [0, 0.1) is 0 Å². The number of carbonyl (C=O) groups excluding carboxylic acids is 1. The third-order valence-corrected chi connectivity index (χ3v) is 3.58. The van der Waals surface area contributed by atoms with Gasteiger partial charge in [-0.2, -0.15) is 0 Å². The number of urea groups is 1. The molecule has 0 radical (unpaired) electrons. The van der Waals surface area contributed by atoms with Crippen molar-refractivity contribution in [1.29, 1.82) is 0 Å². The molecule has 3 rings (SSSR count). The molecule has 0 unspecified atom stereocenters. The lowest BCUT2D eigenvalue weighted by Gasteiger charge is -2.28. The van der Waals surface area contributed by atoms with Gasteiger partial charge in [0.1, 0.15) is 12.1 Å². The van der Waals surface area contributed by atoms with Crippen molar-refractivity contribution in [1.82, 2.24) is 14.9 Å². The second-order valence-corrected chi connectivity index (χ2v) is 5.03. The number of para-hydroxylation sites is 2. The molecule has 0 aliphatic carbocycles. The molecule has 1 aliphatic rings. The molecule has 0 saturated carbocycles. The van der Waals surface area contributed by atoms with Crippen LogP contribution in [0.2, 0.25) is 0 Å². The van der Waals surface area contributed by atoms with Gasteiger partial charge in [-0.05, 0) is 19.1 Å². The van der Waals surface area contributed by atoms with Gasteiger partial charge in [0, 0.05) is 24.7 Å². The second-order valence-electron chi connectivity index (χ2n) is 5.03. The quantitative estimate of drug-likeness (QED) is 0.945. The summed E-state index contributed by atoms with van der Waals surface area (Å²) in [5, 5.41) is 2.92. The minimum Gasteiger partial charge on any atom is -0.492 e. The van der Waals surface area contributed by atoms with Crippen molar-refractivity contribution in [2.45, 2.75) is 19.9 Å². The third-order valence-electron chi connectivity index (χ3n) is 3.58. The molecule has 2 aromatic rings. The number of amides is 2. The standard InChI is InChI=1S/C16H18N4O2/c1-2-22-15-6-4-3-5-14(15)19-16(21)20-8-7-13-12(10-20)9-17-11-18-13/h3-6,9,11H,2,7-8,10H2,1H3,(H,19,21). The molecule has 2 amide bonds. The largest absolute Gasteiger partial charge is 0.492 e. The molecule has 0 spiro atoms. The SMILES string of the molecule is CCOc1ccccc1NC(=O)N1CCc2ncncc2C1. The zero-order valence-electron chi connectivity index (χ0n) is 12.5. The van der Waals surface area contributed by atoms with Crippen LogP contribution in [-0.4, -0.2) is 34.1 Å². The first-order valence-electron chi connectivity index (χ1n) is 7.33. The summed E-state index contributed by atoms with van der Waals surface area (Å²) in [6, 6.07) is 7.30. The third kappa shape index (κ3) is 3.00. The Morgan fingerprint density at radius 2 is 2.27 bits per heavy atom. The van der Waals surface area contributed by atoms with Crippen LogP contribution in [0.3, 0.4) is 0 Å². The van der Waals surface area contributed by atoms with Crippen molar-refractivity contribution in [3.63, 3.8) is 0 Å². The zero-order valence-corrected chi connectivity index (χ0v) is 12.5. The summed E-state index contributed by atoms with van der Waals surface area (Å²) in [5.74, 6) is 0.680. The molecular formula is C16H18N4O2. The Labute approximate surface area is 129 Å². The molecule has 6 nitrogen and oxygen atoms in total. The zero-order chi connectivity index (χ0) is 15.4. The van der Waals surface area contributed by atoms with Gasteiger partial charge in [0.15, 0.2) is 0 Å². The highest BCUT2D eigenvalue weighted by Gasteiger charge is 2.22. The van der Waals surface area contributed by atoms with Crippen LogP contribution in [0.5, 0.6) is 5.75 Å². The fourth-order valence-corrected chi connectivity index (χ4v) is 2.49. The van der Waals surface area contributed by atoms with Crippen molar-refractivity contribution < 1.29 is 9.53 Å². The summed E-state index contributed by atoms with van der Waals surface area (Å²) in [6.07, 6.45) is 4.07. The summed E-state index contributed by atoms with van der Waals surface area (Å²) in [4.78, 5) is 22.5. The van der Waals surface area contributed by atoms with Crippen molar-refractivity contribution >= 4 is 11.7 Å². The van der Waals surface area contributed by atoms with Crippen molar-refractivity contribution in [3.8, 4) is 5.75 Å². The van der Waals surface area contributed by atoms with E-state index in [2.05, 4.69) is 15.3 Å². The Kier molecular flexibility index (Phi) is 4.18. The van der Waals surface area contributed by atoms with E-state index in [4.69, 9.17) is 4.74 Å². The summed E-state index contributed by atoms with van der Waals surface area (Å²) >= 11 is 0. The molecule has 0 fully saturated rings. The average Bonchev–Trinajstić information content (AvgIpc) is 2.56. The van der Waals surface area contributed by atoms with Crippen LogP contribution in [-0.2, 0) is 13.0 Å². The molecule has 1 N–H and O–H groups in total. The molecule has 22 heavy (non-hydrogen) atoms. The van der Waals surface area contributed by atoms with Gasteiger partial charge in [0.25, 0.3) is 0 Å². The van der Waals surface area contributed by atoms with Gasteiger partial charge in [-0.3, -0.25) is 0 Å². The maximum atomic E-state index is 12.5. The molecule has 2 heterocycles. The number of ether oxygens (including phenoxy) is 1. The minimum atomic E-state index is -0.137. The van der Waals surface area contributed by atoms with Crippen molar-refractivity contribution in [2.24, 2.45) is 0 Å². The highest BCUT2D eigenvalue weighted by Crippen LogP contribution is 2.25. The molecule has 1 aromatic heterocycles. The van der Waals surface area contributed by atoms with E-state index in [1.54, 1.807) is 17.4 Å². The van der Waals surface area contributed by atoms with Gasteiger partial charge >= 0.3 is 6.03 Å². The summed E-state index contributed by atoms with van der Waals surface area (Å²) in [6.45, 7) is 3.65. The predicted molar refractivity (Wildman–Crippen MR) is 82.8 cm³/mol. The van der Waals surface area contributed by atoms with E-state index in [1.807, 2.05) is 31.2 Å². The number of nitrogens with zero attached hydrogens (tertiary/aromatic N) is 3. The number of anilines is 1. The van der Waals surface area contributed by atoms with Crippen LogP contribution >= 0.6 is 0 Å². The first-order chi connectivity index (χ1) is 10.8. The minimum absolute atomic E-state index is 0.137. The van der Waals surface area contributed by atoms with Crippen LogP contribution < -0.4 is 10.1 Å². The van der Waals surface area contributed by atoms with E-state index in [9.17, 15) is 4.79 Å². The van der Waals surface area contributed by atoms with Crippen molar-refractivity contribution in [2.75, 3.05) is 18.5 Å². The maximum absolute atomic E-state index is 12.5. The molecule has 1 aromatic carbocycles. The molecule has 114 valence electrons. The average molecular weight is 298 g/mol. The molecular weight excluding hydrogens is 280 g/mol. The van der Waals surface area contributed by atoms with E-state index < -0.39 is 0 Å². The predicted octanol–water partition coefficient (Wildman–Crippen LogP) is 2.47. The maximum Gasteiger partial charge on any atom is 0.322 e. The lowest BCUT2D eigenvalue weighted by molar-refractivity contribution is 0.205. The Morgan fingerprint density at radius 3 is 3.14 bits per heavy atom. The highest BCUT2D eigenvalue weighted by atomic mass is 16.5. The number of rotatable bonds is 3. The molecule has 0 atom stereocenters. The fourth-order valence-electron chi connectivity index (χ4n) is 2.49. The lowest BCUT2D eigenvalue weighted by Crippen LogP contribution is -2.39. The Balaban J connectivity index is 1.71. The van der Waals surface area contributed by atoms with E-state index in [0.29, 0.717) is 31.1 Å². The van der Waals surface area contributed by atoms with E-state index >= 15 is 0 Å². The Bertz CT molecular complexity index is 675. The highest BCUT2D eigenvalue weighted by molar-refractivity contribution is 5.91. The summed E-state index contributed by atoms with van der Waals surface area (Å²) < 4.78 is 5.53. The van der Waals surface area contributed by atoms with Gasteiger partial charge < -0.3 is 15.0 Å². The Morgan fingerprint density at radius 1 is 1.41 bits per heavy atom. The Hall–Kier alpha value is -2.63. The van der Waals surface area contributed by atoms with Crippen molar-refractivity contribution in [3.05, 3.63) is 48.0 Å². The fraction of sp³-hybridized carbons (Fsp3) is 0.312. The second kappa shape index (κ2) is 6.43. The number of hydrogen-bond acceptors (Lipinski definition) is 4. The molecule has 1 aliphatic heterocycles. The van der Waals surface area contributed by atoms with E-state index in [0.717, 1.165) is 17.7 Å². The number of aromatic nitrogens is 2. The van der Waals surface area contributed by atoms with Crippen LogP contribution in [0.1, 0.15) is 18.2 Å². The van der Waals surface area contributed by atoms with Crippen LogP contribution in [0.25, 0.3) is 0 Å². The number of carbonyl (C=O) groups is 1. The van der Waals surface area contributed by atoms with Gasteiger partial charge in [0.05, 0.1) is 24.5 Å². The molecule has 0 saturated heterocycles. The normalized spacial score (nSPS) is 13.4. The van der Waals surface area contributed by atoms with Crippen LogP contribution in [0.15, 0.2) is 36.8 Å². The van der Waals surface area contributed by atoms with Gasteiger partial charge in [-0.25, -0.2) is 14.8 Å². The number of nitrogens with one attached hydrogen (secondary N) is 1. The topological polar surface area (TPSA) is 67.3 Å². The summed E-state index contributed by atoms with van der Waals surface area (Å²) in [7, 11) is 0. The summed E-state index contributed by atoms with van der Waals surface area (Å²) in [5.41, 5.74) is 2.71. The smallest absolute Gasteiger partial charge is 0.322 e. The first kappa shape index (κ1) is 14.3. The van der Waals surface area contributed by atoms with E-state index in [1.165, 1.54) is 0 Å². The lowest BCUT2D eigenvalue weighted by atomic mass is 10.1. The number of fused-ring (bicyclic) bond motifs is 1. The van der Waals surface area contributed by atoms with Gasteiger partial charge in [0.2, 0.25) is 0 Å².